The molecule has 1 aromatic heterocycles. The lowest BCUT2D eigenvalue weighted by Gasteiger charge is -2.18. The molecule has 0 aliphatic carbocycles. The Balaban J connectivity index is 1.61. The van der Waals surface area contributed by atoms with E-state index in [0.717, 1.165) is 6.07 Å². The van der Waals surface area contributed by atoms with Crippen LogP contribution < -0.4 is 10.6 Å². The number of hydrogen-bond donors (Lipinski definition) is 2. The lowest BCUT2D eigenvalue weighted by molar-refractivity contribution is -0.136. The summed E-state index contributed by atoms with van der Waals surface area (Å²) in [6.45, 7) is 0. The zero-order valence-corrected chi connectivity index (χ0v) is 16.5. The van der Waals surface area contributed by atoms with Gasteiger partial charge >= 0.3 is 12.2 Å². The number of urea groups is 1. The van der Waals surface area contributed by atoms with Gasteiger partial charge in [0.2, 0.25) is 11.8 Å². The topological polar surface area (TPSA) is 80.0 Å². The van der Waals surface area contributed by atoms with E-state index >= 15 is 0 Å². The van der Waals surface area contributed by atoms with E-state index in [1.807, 2.05) is 18.2 Å². The van der Waals surface area contributed by atoms with E-state index in [2.05, 4.69) is 20.8 Å². The summed E-state index contributed by atoms with van der Waals surface area (Å²) >= 11 is 0. The Kier molecular flexibility index (Phi) is 5.89. The minimum Gasteiger partial charge on any atom is -0.418 e. The zero-order valence-electron chi connectivity index (χ0n) is 16.5. The largest absolute Gasteiger partial charge is 0.418 e. The number of nitrogens with zero attached hydrogens (tertiary/aromatic N) is 2. The normalized spacial score (nSPS) is 12.2. The SMILES string of the molecule is O=C(Nc1ccccc1C(F)(F)F)N[C@H](c1ccccc1)c1nnc(-c2ccccc2)o1. The van der Waals surface area contributed by atoms with E-state index in [1.54, 1.807) is 42.5 Å². The smallest absolute Gasteiger partial charge is 0.418 e. The second kappa shape index (κ2) is 8.93. The molecular weight excluding hydrogens is 421 g/mol. The number of alkyl halides is 3. The quantitative estimate of drug-likeness (QED) is 0.421. The van der Waals surface area contributed by atoms with Crippen LogP contribution in [-0.2, 0) is 6.18 Å². The van der Waals surface area contributed by atoms with Gasteiger partial charge in [-0.15, -0.1) is 10.2 Å². The highest BCUT2D eigenvalue weighted by atomic mass is 19.4. The van der Waals surface area contributed by atoms with Gasteiger partial charge in [0.1, 0.15) is 6.04 Å². The van der Waals surface area contributed by atoms with Crippen LogP contribution in [0.3, 0.4) is 0 Å². The maximum atomic E-state index is 13.3. The van der Waals surface area contributed by atoms with E-state index in [9.17, 15) is 18.0 Å². The molecule has 2 N–H and O–H groups in total. The summed E-state index contributed by atoms with van der Waals surface area (Å²) in [6, 6.07) is 20.9. The number of benzene rings is 3. The summed E-state index contributed by atoms with van der Waals surface area (Å²) in [6.07, 6.45) is -4.61. The number of para-hydroxylation sites is 1. The van der Waals surface area contributed by atoms with Gasteiger partial charge in [-0.2, -0.15) is 13.2 Å². The van der Waals surface area contributed by atoms with Crippen LogP contribution in [0.2, 0.25) is 0 Å². The summed E-state index contributed by atoms with van der Waals surface area (Å²) in [7, 11) is 0. The predicted molar refractivity (Wildman–Crippen MR) is 112 cm³/mol. The van der Waals surface area contributed by atoms with Crippen LogP contribution in [0, 0.1) is 0 Å². The predicted octanol–water partition coefficient (Wildman–Crippen LogP) is 5.67. The molecule has 6 nitrogen and oxygen atoms in total. The van der Waals surface area contributed by atoms with Crippen molar-refractivity contribution in [3.8, 4) is 11.5 Å². The maximum Gasteiger partial charge on any atom is 0.418 e. The molecule has 0 aliphatic heterocycles. The van der Waals surface area contributed by atoms with Crippen molar-refractivity contribution in [1.29, 1.82) is 0 Å². The monoisotopic (exact) mass is 438 g/mol. The van der Waals surface area contributed by atoms with Crippen molar-refractivity contribution in [3.63, 3.8) is 0 Å². The standard InChI is InChI=1S/C23H17F3N4O2/c24-23(25,26)17-13-7-8-14-18(17)27-22(31)28-19(15-9-3-1-4-10-15)21-30-29-20(32-21)16-11-5-2-6-12-16/h1-14,19H,(H2,27,28,31)/t19-/m1/s1. The minimum atomic E-state index is -4.61. The summed E-state index contributed by atoms with van der Waals surface area (Å²) < 4.78 is 45.5. The van der Waals surface area contributed by atoms with Crippen LogP contribution in [-0.4, -0.2) is 16.2 Å². The number of halogens is 3. The summed E-state index contributed by atoms with van der Waals surface area (Å²) in [5.41, 5.74) is 0.00650. The average Bonchev–Trinajstić information content (AvgIpc) is 3.28. The minimum absolute atomic E-state index is 0.0920. The Morgan fingerprint density at radius 3 is 2.16 bits per heavy atom. The Morgan fingerprint density at radius 2 is 1.47 bits per heavy atom. The Morgan fingerprint density at radius 1 is 0.844 bits per heavy atom. The van der Waals surface area contributed by atoms with Crippen LogP contribution in [0.5, 0.6) is 0 Å². The number of nitrogens with one attached hydrogen (secondary N) is 2. The molecule has 0 saturated carbocycles. The third-order valence-corrected chi connectivity index (χ3v) is 4.60. The molecule has 0 bridgehead atoms. The third-order valence-electron chi connectivity index (χ3n) is 4.60. The molecule has 162 valence electrons. The molecule has 0 fully saturated rings. The molecule has 4 aromatic rings. The molecule has 0 spiro atoms. The zero-order chi connectivity index (χ0) is 22.6. The van der Waals surface area contributed by atoms with E-state index in [1.165, 1.54) is 18.2 Å². The van der Waals surface area contributed by atoms with Gasteiger partial charge in [0.05, 0.1) is 11.3 Å². The molecule has 1 heterocycles. The fourth-order valence-electron chi connectivity index (χ4n) is 3.11. The molecule has 0 unspecified atom stereocenters. The molecule has 0 aliphatic rings. The first kappa shape index (κ1) is 21.1. The number of anilines is 1. The molecule has 4 rings (SSSR count). The summed E-state index contributed by atoms with van der Waals surface area (Å²) in [5, 5.41) is 13.0. The average molecular weight is 438 g/mol. The first-order valence-electron chi connectivity index (χ1n) is 9.59. The van der Waals surface area contributed by atoms with Gasteiger partial charge in [0.25, 0.3) is 0 Å². The van der Waals surface area contributed by atoms with Crippen LogP contribution in [0.15, 0.2) is 89.3 Å². The van der Waals surface area contributed by atoms with Crippen molar-refractivity contribution in [3.05, 3.63) is 102 Å². The van der Waals surface area contributed by atoms with Gasteiger partial charge in [-0.25, -0.2) is 4.79 Å². The number of hydrogen-bond acceptors (Lipinski definition) is 4. The van der Waals surface area contributed by atoms with Crippen molar-refractivity contribution >= 4 is 11.7 Å². The highest BCUT2D eigenvalue weighted by Crippen LogP contribution is 2.34. The van der Waals surface area contributed by atoms with E-state index in [0.29, 0.717) is 11.1 Å². The lowest BCUT2D eigenvalue weighted by atomic mass is 10.1. The van der Waals surface area contributed by atoms with E-state index in [4.69, 9.17) is 4.42 Å². The Bertz CT molecular complexity index is 1190. The molecular formula is C23H17F3N4O2. The summed E-state index contributed by atoms with van der Waals surface area (Å²) in [5.74, 6) is 0.348. The molecule has 0 saturated heterocycles. The number of amides is 2. The first-order chi connectivity index (χ1) is 15.4. The van der Waals surface area contributed by atoms with Crippen molar-refractivity contribution < 1.29 is 22.4 Å². The fraction of sp³-hybridized carbons (Fsp3) is 0.0870. The number of carbonyl (C=O) groups is 1. The number of rotatable bonds is 5. The Hall–Kier alpha value is -4.14. The van der Waals surface area contributed by atoms with Gasteiger partial charge in [-0.3, -0.25) is 0 Å². The lowest BCUT2D eigenvalue weighted by Crippen LogP contribution is -2.34. The van der Waals surface area contributed by atoms with Crippen molar-refractivity contribution in [2.24, 2.45) is 0 Å². The molecule has 1 atom stereocenters. The number of carbonyl (C=O) groups excluding carboxylic acids is 1. The van der Waals surface area contributed by atoms with Crippen molar-refractivity contribution in [2.75, 3.05) is 5.32 Å². The summed E-state index contributed by atoms with van der Waals surface area (Å²) in [4.78, 5) is 12.6. The van der Waals surface area contributed by atoms with Gasteiger partial charge < -0.3 is 15.1 Å². The fourth-order valence-corrected chi connectivity index (χ4v) is 3.11. The van der Waals surface area contributed by atoms with E-state index in [-0.39, 0.29) is 17.5 Å². The Labute approximate surface area is 181 Å². The molecule has 32 heavy (non-hydrogen) atoms. The second-order valence-corrected chi connectivity index (χ2v) is 6.80. The van der Waals surface area contributed by atoms with Gasteiger partial charge in [-0.05, 0) is 29.8 Å². The van der Waals surface area contributed by atoms with Gasteiger partial charge in [0, 0.05) is 5.56 Å². The molecule has 0 radical (unpaired) electrons. The molecule has 3 aromatic carbocycles. The highest BCUT2D eigenvalue weighted by Gasteiger charge is 2.34. The number of aromatic nitrogens is 2. The van der Waals surface area contributed by atoms with Crippen LogP contribution >= 0.6 is 0 Å². The third kappa shape index (κ3) is 4.77. The van der Waals surface area contributed by atoms with Crippen LogP contribution in [0.1, 0.15) is 23.1 Å². The first-order valence-corrected chi connectivity index (χ1v) is 9.59. The van der Waals surface area contributed by atoms with Gasteiger partial charge in [-0.1, -0.05) is 60.7 Å². The second-order valence-electron chi connectivity index (χ2n) is 6.80. The van der Waals surface area contributed by atoms with Gasteiger partial charge in [0.15, 0.2) is 0 Å². The van der Waals surface area contributed by atoms with Crippen LogP contribution in [0.25, 0.3) is 11.5 Å². The molecule has 9 heteroatoms. The highest BCUT2D eigenvalue weighted by molar-refractivity contribution is 5.90. The maximum absolute atomic E-state index is 13.3. The molecule has 2 amide bonds. The van der Waals surface area contributed by atoms with E-state index < -0.39 is 23.8 Å². The van der Waals surface area contributed by atoms with Crippen molar-refractivity contribution in [2.45, 2.75) is 12.2 Å². The van der Waals surface area contributed by atoms with Crippen LogP contribution in [0.4, 0.5) is 23.7 Å². The van der Waals surface area contributed by atoms with Crippen molar-refractivity contribution in [1.82, 2.24) is 15.5 Å².